The van der Waals surface area contributed by atoms with Crippen molar-refractivity contribution >= 4 is 11.6 Å². The topological polar surface area (TPSA) is 9.23 Å². The van der Waals surface area contributed by atoms with Crippen molar-refractivity contribution in [3.63, 3.8) is 0 Å². The van der Waals surface area contributed by atoms with Crippen molar-refractivity contribution < 1.29 is 26.7 Å². The average molecular weight is 444 g/mol. The largest absolute Gasteiger partial charge is 0.573 e. The van der Waals surface area contributed by atoms with Gasteiger partial charge in [-0.2, -0.15) is 0 Å². The molecular weight excluding hydrogens is 423 g/mol. The third-order valence-electron chi connectivity index (χ3n) is 5.57. The van der Waals surface area contributed by atoms with E-state index >= 15 is 4.39 Å². The van der Waals surface area contributed by atoms with E-state index in [1.54, 1.807) is 24.3 Å². The van der Waals surface area contributed by atoms with Gasteiger partial charge < -0.3 is 4.74 Å². The zero-order chi connectivity index (χ0) is 22.9. The van der Waals surface area contributed by atoms with Crippen LogP contribution in [0.15, 0.2) is 54.6 Å². The van der Waals surface area contributed by atoms with Gasteiger partial charge in [0.2, 0.25) is 0 Å². The molecule has 1 nitrogen and oxygen atoms in total. The molecule has 0 atom stereocenters. The molecule has 0 bridgehead atoms. The average Bonchev–Trinajstić information content (AvgIpc) is 2.74. The van der Waals surface area contributed by atoms with E-state index < -0.39 is 12.2 Å². The first-order chi connectivity index (χ1) is 15.2. The molecule has 0 N–H and O–H groups in total. The molecule has 0 saturated carbocycles. The summed E-state index contributed by atoms with van der Waals surface area (Å²) in [7, 11) is 0. The molecule has 6 heteroatoms. The fourth-order valence-electron chi connectivity index (χ4n) is 4.08. The normalized spacial score (nSPS) is 13.5. The van der Waals surface area contributed by atoms with Gasteiger partial charge in [-0.25, -0.2) is 8.78 Å². The van der Waals surface area contributed by atoms with Crippen molar-refractivity contribution in [1.29, 1.82) is 0 Å². The van der Waals surface area contributed by atoms with E-state index in [2.05, 4.69) is 4.74 Å². The maximum atomic E-state index is 15.2. The molecule has 1 aliphatic rings. The van der Waals surface area contributed by atoms with E-state index in [0.717, 1.165) is 36.1 Å². The van der Waals surface area contributed by atoms with Crippen LogP contribution in [0.5, 0.6) is 5.75 Å². The maximum Gasteiger partial charge on any atom is 0.573 e. The van der Waals surface area contributed by atoms with Gasteiger partial charge in [-0.1, -0.05) is 55.8 Å². The second kappa shape index (κ2) is 8.77. The second-order valence-corrected chi connectivity index (χ2v) is 7.80. The van der Waals surface area contributed by atoms with Gasteiger partial charge in [0.05, 0.1) is 0 Å². The lowest BCUT2D eigenvalue weighted by molar-refractivity contribution is -0.274. The number of rotatable bonds is 5. The number of fused-ring (bicyclic) bond motifs is 1. The summed E-state index contributed by atoms with van der Waals surface area (Å²) in [5.41, 5.74) is 4.25. The quantitative estimate of drug-likeness (QED) is 0.363. The van der Waals surface area contributed by atoms with Crippen molar-refractivity contribution in [2.24, 2.45) is 0 Å². The van der Waals surface area contributed by atoms with Crippen molar-refractivity contribution in [2.45, 2.75) is 39.0 Å². The summed E-state index contributed by atoms with van der Waals surface area (Å²) in [4.78, 5) is 0. The highest BCUT2D eigenvalue weighted by molar-refractivity contribution is 5.85. The Morgan fingerprint density at radius 3 is 2.25 bits per heavy atom. The van der Waals surface area contributed by atoms with Crippen LogP contribution in [-0.2, 0) is 12.8 Å². The highest BCUT2D eigenvalue weighted by Gasteiger charge is 2.31. The Hall–Kier alpha value is -3.15. The molecule has 0 aliphatic heterocycles. The number of hydrogen-bond donors (Lipinski definition) is 0. The SMILES string of the molecule is CCCc1ccc(C2=Cc3ccc(-c4ccc(OC(F)(F)F)cc4)c(F)c3CC2)c(F)c1. The maximum absolute atomic E-state index is 15.2. The monoisotopic (exact) mass is 444 g/mol. The minimum atomic E-state index is -4.78. The first kappa shape index (κ1) is 22.1. The molecule has 0 radical (unpaired) electrons. The van der Waals surface area contributed by atoms with Gasteiger partial charge in [-0.05, 0) is 65.3 Å². The van der Waals surface area contributed by atoms with Crippen molar-refractivity contribution in [1.82, 2.24) is 0 Å². The minimum absolute atomic E-state index is 0.274. The molecule has 0 spiro atoms. The van der Waals surface area contributed by atoms with E-state index in [1.165, 1.54) is 12.1 Å². The molecule has 166 valence electrons. The number of aryl methyl sites for hydroxylation is 1. The summed E-state index contributed by atoms with van der Waals surface area (Å²) in [6.45, 7) is 2.04. The smallest absolute Gasteiger partial charge is 0.406 e. The summed E-state index contributed by atoms with van der Waals surface area (Å²) in [5, 5.41) is 0. The summed E-state index contributed by atoms with van der Waals surface area (Å²) >= 11 is 0. The van der Waals surface area contributed by atoms with Crippen LogP contribution in [0, 0.1) is 11.6 Å². The highest BCUT2D eigenvalue weighted by Crippen LogP contribution is 2.37. The van der Waals surface area contributed by atoms with E-state index in [-0.39, 0.29) is 11.6 Å². The molecule has 0 heterocycles. The number of ether oxygens (including phenoxy) is 1. The molecule has 0 aromatic heterocycles. The Morgan fingerprint density at radius 1 is 0.875 bits per heavy atom. The Labute approximate surface area is 183 Å². The zero-order valence-corrected chi connectivity index (χ0v) is 17.4. The fourth-order valence-corrected chi connectivity index (χ4v) is 4.08. The Balaban J connectivity index is 1.62. The third kappa shape index (κ3) is 4.69. The highest BCUT2D eigenvalue weighted by atomic mass is 19.4. The van der Waals surface area contributed by atoms with E-state index in [9.17, 15) is 17.6 Å². The number of hydrogen-bond acceptors (Lipinski definition) is 1. The predicted molar refractivity (Wildman–Crippen MR) is 115 cm³/mol. The van der Waals surface area contributed by atoms with Crippen LogP contribution in [0.25, 0.3) is 22.8 Å². The van der Waals surface area contributed by atoms with Crippen LogP contribution in [0.3, 0.4) is 0 Å². The molecule has 0 saturated heterocycles. The van der Waals surface area contributed by atoms with Crippen LogP contribution in [0.2, 0.25) is 0 Å². The van der Waals surface area contributed by atoms with Gasteiger partial charge in [0.1, 0.15) is 17.4 Å². The fraction of sp³-hybridized carbons (Fsp3) is 0.231. The van der Waals surface area contributed by atoms with Gasteiger partial charge >= 0.3 is 6.36 Å². The van der Waals surface area contributed by atoms with Gasteiger partial charge in [-0.15, -0.1) is 13.2 Å². The van der Waals surface area contributed by atoms with Crippen LogP contribution in [-0.4, -0.2) is 6.36 Å². The van der Waals surface area contributed by atoms with E-state index in [1.807, 2.05) is 19.1 Å². The van der Waals surface area contributed by atoms with Crippen LogP contribution < -0.4 is 4.74 Å². The molecule has 0 unspecified atom stereocenters. The van der Waals surface area contributed by atoms with Gasteiger partial charge in [0.25, 0.3) is 0 Å². The molecule has 4 rings (SSSR count). The van der Waals surface area contributed by atoms with Gasteiger partial charge in [-0.3, -0.25) is 0 Å². The summed E-state index contributed by atoms with van der Waals surface area (Å²) in [5.74, 6) is -1.05. The second-order valence-electron chi connectivity index (χ2n) is 7.80. The van der Waals surface area contributed by atoms with Crippen LogP contribution in [0.1, 0.15) is 42.0 Å². The Kier molecular flexibility index (Phi) is 6.04. The number of allylic oxidation sites excluding steroid dienone is 1. The standard InChI is InChI=1S/C26H21F5O/c1-2-3-16-4-11-21(24(27)14-16)18-7-13-23-19(15-18)8-12-22(25(23)28)17-5-9-20(10-6-17)32-26(29,30)31/h4-6,8-12,14-15H,2-3,7,13H2,1H3. The third-order valence-corrected chi connectivity index (χ3v) is 5.57. The zero-order valence-electron chi connectivity index (χ0n) is 17.4. The summed E-state index contributed by atoms with van der Waals surface area (Å²) < 4.78 is 70.8. The van der Waals surface area contributed by atoms with Gasteiger partial charge in [0, 0.05) is 11.1 Å². The van der Waals surface area contributed by atoms with Crippen molar-refractivity contribution in [3.05, 3.63) is 88.5 Å². The Morgan fingerprint density at radius 2 is 1.59 bits per heavy atom. The molecule has 32 heavy (non-hydrogen) atoms. The molecule has 1 aliphatic carbocycles. The first-order valence-electron chi connectivity index (χ1n) is 10.4. The van der Waals surface area contributed by atoms with Crippen LogP contribution in [0.4, 0.5) is 22.0 Å². The lowest BCUT2D eigenvalue weighted by Gasteiger charge is -2.20. The van der Waals surface area contributed by atoms with E-state index in [0.29, 0.717) is 40.7 Å². The molecule has 3 aromatic carbocycles. The lowest BCUT2D eigenvalue weighted by Crippen LogP contribution is -2.16. The molecule has 0 amide bonds. The molecule has 0 fully saturated rings. The summed E-state index contributed by atoms with van der Waals surface area (Å²) in [6, 6.07) is 13.7. The van der Waals surface area contributed by atoms with Crippen molar-refractivity contribution in [2.75, 3.05) is 0 Å². The van der Waals surface area contributed by atoms with Crippen molar-refractivity contribution in [3.8, 4) is 16.9 Å². The first-order valence-corrected chi connectivity index (χ1v) is 10.4. The predicted octanol–water partition coefficient (Wildman–Crippen LogP) is 7.97. The lowest BCUT2D eigenvalue weighted by atomic mass is 9.86. The summed E-state index contributed by atoms with van der Waals surface area (Å²) in [6.07, 6.45) is -0.310. The minimum Gasteiger partial charge on any atom is -0.406 e. The van der Waals surface area contributed by atoms with E-state index in [4.69, 9.17) is 0 Å². The van der Waals surface area contributed by atoms with Crippen LogP contribution >= 0.6 is 0 Å². The molecule has 3 aromatic rings. The number of benzene rings is 3. The number of alkyl halides is 3. The Bertz CT molecular complexity index is 1160. The van der Waals surface area contributed by atoms with Gasteiger partial charge in [0.15, 0.2) is 0 Å². The molecular formula is C26H21F5O. The number of halogens is 5.